The van der Waals surface area contributed by atoms with E-state index in [1.165, 1.54) is 0 Å². The Kier molecular flexibility index (Phi) is 3.97. The molecule has 6 nitrogen and oxygen atoms in total. The van der Waals surface area contributed by atoms with E-state index in [-0.39, 0.29) is 5.56 Å². The summed E-state index contributed by atoms with van der Waals surface area (Å²) in [6, 6.07) is 10.2. The lowest BCUT2D eigenvalue weighted by atomic mass is 10.0. The number of benzene rings is 2. The highest BCUT2D eigenvalue weighted by molar-refractivity contribution is 7.86. The maximum Gasteiger partial charge on any atom is 0.298 e. The minimum Gasteiger partial charge on any atom is -0.504 e. The van der Waals surface area contributed by atoms with Crippen LogP contribution >= 0.6 is 0 Å². The second-order valence-electron chi connectivity index (χ2n) is 4.20. The molecule has 2 aromatic rings. The van der Waals surface area contributed by atoms with Gasteiger partial charge >= 0.3 is 0 Å². The number of methoxy groups -OCH3 is 1. The molecule has 0 atom stereocenters. The zero-order valence-electron chi connectivity index (χ0n) is 11.0. The fourth-order valence-corrected chi connectivity index (χ4v) is 2.57. The van der Waals surface area contributed by atoms with Crippen LogP contribution in [-0.2, 0) is 10.1 Å². The van der Waals surface area contributed by atoms with Crippen LogP contribution in [0, 0.1) is 0 Å². The lowest BCUT2D eigenvalue weighted by Crippen LogP contribution is -2.07. The quantitative estimate of drug-likeness (QED) is 0.660. The van der Waals surface area contributed by atoms with Crippen LogP contribution in [0.15, 0.2) is 47.4 Å². The zero-order chi connectivity index (χ0) is 15.6. The molecule has 0 bridgehead atoms. The van der Waals surface area contributed by atoms with Crippen molar-refractivity contribution in [2.75, 3.05) is 7.11 Å². The van der Waals surface area contributed by atoms with Crippen LogP contribution in [0.2, 0.25) is 0 Å². The van der Waals surface area contributed by atoms with E-state index in [9.17, 15) is 22.9 Å². The van der Waals surface area contributed by atoms with Crippen molar-refractivity contribution < 1.29 is 27.6 Å². The molecule has 21 heavy (non-hydrogen) atoms. The molecule has 0 amide bonds. The smallest absolute Gasteiger partial charge is 0.298 e. The fraction of sp³-hybridized carbons (Fsp3) is 0.0714. The summed E-state index contributed by atoms with van der Waals surface area (Å²) in [5.74, 6) is -1.45. The third-order valence-corrected chi connectivity index (χ3v) is 3.67. The van der Waals surface area contributed by atoms with Crippen molar-refractivity contribution in [2.45, 2.75) is 4.90 Å². The average Bonchev–Trinajstić information content (AvgIpc) is 2.45. The Morgan fingerprint density at radius 3 is 2.24 bits per heavy atom. The maximum absolute atomic E-state index is 12.2. The Bertz CT molecular complexity index is 781. The van der Waals surface area contributed by atoms with E-state index in [0.717, 1.165) is 19.2 Å². The highest BCUT2D eigenvalue weighted by atomic mass is 32.2. The molecule has 110 valence electrons. The van der Waals surface area contributed by atoms with Gasteiger partial charge in [0.15, 0.2) is 17.3 Å². The van der Waals surface area contributed by atoms with Gasteiger partial charge in [-0.1, -0.05) is 30.3 Å². The maximum atomic E-state index is 12.2. The molecular formula is C14H12O6S. The highest BCUT2D eigenvalue weighted by Gasteiger charge is 2.23. The zero-order valence-corrected chi connectivity index (χ0v) is 11.8. The molecule has 2 rings (SSSR count). The van der Waals surface area contributed by atoms with Crippen molar-refractivity contribution in [3.63, 3.8) is 0 Å². The van der Waals surface area contributed by atoms with Gasteiger partial charge in [0.05, 0.1) is 7.11 Å². The van der Waals surface area contributed by atoms with Crippen molar-refractivity contribution in [1.82, 2.24) is 0 Å². The van der Waals surface area contributed by atoms with E-state index < -0.39 is 32.3 Å². The first-order valence-corrected chi connectivity index (χ1v) is 7.27. The number of phenolic OH excluding ortho intramolecular Hbond substituents is 1. The molecule has 0 radical (unpaired) electrons. The predicted molar refractivity (Wildman–Crippen MR) is 74.3 cm³/mol. The fourth-order valence-electron chi connectivity index (χ4n) is 1.87. The van der Waals surface area contributed by atoms with E-state index >= 15 is 0 Å². The van der Waals surface area contributed by atoms with E-state index in [4.69, 9.17) is 4.74 Å². The second-order valence-corrected chi connectivity index (χ2v) is 5.59. The Hall–Kier alpha value is -2.38. The van der Waals surface area contributed by atoms with Crippen LogP contribution in [0.4, 0.5) is 0 Å². The van der Waals surface area contributed by atoms with Gasteiger partial charge in [-0.2, -0.15) is 8.42 Å². The van der Waals surface area contributed by atoms with Gasteiger partial charge in [0.2, 0.25) is 0 Å². The summed E-state index contributed by atoms with van der Waals surface area (Å²) in [5.41, 5.74) is 0.246. The van der Waals surface area contributed by atoms with E-state index in [0.29, 0.717) is 5.56 Å². The van der Waals surface area contributed by atoms with Crippen molar-refractivity contribution in [3.8, 4) is 11.5 Å². The number of phenols is 1. The van der Waals surface area contributed by atoms with Crippen LogP contribution < -0.4 is 4.74 Å². The Labute approximate surface area is 121 Å². The first-order valence-electron chi connectivity index (χ1n) is 5.83. The van der Waals surface area contributed by atoms with E-state index in [1.807, 2.05) is 0 Å². The summed E-state index contributed by atoms with van der Waals surface area (Å²) in [6.07, 6.45) is 0. The summed E-state index contributed by atoms with van der Waals surface area (Å²) in [5, 5.41) is 9.78. The van der Waals surface area contributed by atoms with Crippen LogP contribution in [0.5, 0.6) is 11.5 Å². The molecule has 2 N–H and O–H groups in total. The summed E-state index contributed by atoms with van der Waals surface area (Å²) < 4.78 is 36.6. The van der Waals surface area contributed by atoms with Gasteiger partial charge in [-0.3, -0.25) is 9.35 Å². The van der Waals surface area contributed by atoms with Gasteiger partial charge < -0.3 is 9.84 Å². The molecule has 2 aromatic carbocycles. The van der Waals surface area contributed by atoms with Crippen LogP contribution in [0.3, 0.4) is 0 Å². The Morgan fingerprint density at radius 2 is 1.71 bits per heavy atom. The Morgan fingerprint density at radius 1 is 1.10 bits per heavy atom. The van der Waals surface area contributed by atoms with Crippen molar-refractivity contribution in [3.05, 3.63) is 53.6 Å². The van der Waals surface area contributed by atoms with Crippen molar-refractivity contribution in [1.29, 1.82) is 0 Å². The number of ether oxygens (including phenoxy) is 1. The predicted octanol–water partition coefficient (Wildman–Crippen LogP) is 1.88. The molecule has 7 heteroatoms. The van der Waals surface area contributed by atoms with Crippen LogP contribution in [0.25, 0.3) is 0 Å². The first-order chi connectivity index (χ1) is 9.84. The minimum absolute atomic E-state index is 0.0767. The van der Waals surface area contributed by atoms with Crippen LogP contribution in [0.1, 0.15) is 15.9 Å². The van der Waals surface area contributed by atoms with Gasteiger partial charge in [-0.05, 0) is 12.1 Å². The number of hydrogen-bond acceptors (Lipinski definition) is 5. The lowest BCUT2D eigenvalue weighted by Gasteiger charge is -2.10. The molecule has 0 aromatic heterocycles. The van der Waals surface area contributed by atoms with Gasteiger partial charge in [0, 0.05) is 11.1 Å². The third kappa shape index (κ3) is 3.04. The topological polar surface area (TPSA) is 101 Å². The number of hydrogen-bond donors (Lipinski definition) is 2. The average molecular weight is 308 g/mol. The standard InChI is InChI=1S/C14H12O6S/c1-20-14-11(15)7-10(8-12(14)21(17,18)19)13(16)9-5-3-2-4-6-9/h2-8,15H,1H3,(H,17,18,19). The van der Waals surface area contributed by atoms with E-state index in [2.05, 4.69) is 0 Å². The second kappa shape index (κ2) is 5.55. The number of ketones is 1. The van der Waals surface area contributed by atoms with Gasteiger partial charge in [-0.25, -0.2) is 0 Å². The molecule has 0 spiro atoms. The van der Waals surface area contributed by atoms with E-state index in [1.54, 1.807) is 30.3 Å². The minimum atomic E-state index is -4.64. The molecule has 0 aliphatic heterocycles. The summed E-state index contributed by atoms with van der Waals surface area (Å²) in [7, 11) is -3.50. The summed E-state index contributed by atoms with van der Waals surface area (Å²) >= 11 is 0. The van der Waals surface area contributed by atoms with Gasteiger partial charge in [0.1, 0.15) is 4.90 Å². The van der Waals surface area contributed by atoms with Crippen molar-refractivity contribution in [2.24, 2.45) is 0 Å². The molecule has 0 saturated carbocycles. The Balaban J connectivity index is 2.62. The molecule has 0 saturated heterocycles. The molecule has 0 unspecified atom stereocenters. The number of carbonyl (C=O) groups excluding carboxylic acids is 1. The van der Waals surface area contributed by atoms with Gasteiger partial charge in [0.25, 0.3) is 10.1 Å². The normalized spacial score (nSPS) is 11.1. The molecule has 0 heterocycles. The third-order valence-electron chi connectivity index (χ3n) is 2.82. The summed E-state index contributed by atoms with van der Waals surface area (Å²) in [4.78, 5) is 11.6. The summed E-state index contributed by atoms with van der Waals surface area (Å²) in [6.45, 7) is 0. The highest BCUT2D eigenvalue weighted by Crippen LogP contribution is 2.35. The number of carbonyl (C=O) groups is 1. The first kappa shape index (κ1) is 15.0. The molecule has 0 aliphatic carbocycles. The number of rotatable bonds is 4. The molecule has 0 fully saturated rings. The van der Waals surface area contributed by atoms with Gasteiger partial charge in [-0.15, -0.1) is 0 Å². The lowest BCUT2D eigenvalue weighted by molar-refractivity contribution is 0.103. The SMILES string of the molecule is COc1c(O)cc(C(=O)c2ccccc2)cc1S(=O)(=O)O. The monoisotopic (exact) mass is 308 g/mol. The molecule has 0 aliphatic rings. The van der Waals surface area contributed by atoms with Crippen molar-refractivity contribution >= 4 is 15.9 Å². The molecular weight excluding hydrogens is 296 g/mol. The van der Waals surface area contributed by atoms with Crippen LogP contribution in [-0.4, -0.2) is 31.0 Å². The number of aromatic hydroxyl groups is 1. The largest absolute Gasteiger partial charge is 0.504 e.